The quantitative estimate of drug-likeness (QED) is 0.761. The highest BCUT2D eigenvalue weighted by Crippen LogP contribution is 2.25. The predicted molar refractivity (Wildman–Crippen MR) is 67.3 cm³/mol. The lowest BCUT2D eigenvalue weighted by molar-refractivity contribution is 0.279. The van der Waals surface area contributed by atoms with Gasteiger partial charge in [-0.2, -0.15) is 0 Å². The molecular formula is C13H18N2O. The van der Waals surface area contributed by atoms with Crippen LogP contribution in [-0.2, 0) is 4.74 Å². The van der Waals surface area contributed by atoms with Crippen LogP contribution in [0.5, 0.6) is 0 Å². The number of hydrogen-bond acceptors (Lipinski definition) is 3. The van der Waals surface area contributed by atoms with E-state index in [2.05, 4.69) is 35.9 Å². The first-order valence-corrected chi connectivity index (χ1v) is 5.49. The lowest BCUT2D eigenvalue weighted by Crippen LogP contribution is -2.17. The van der Waals surface area contributed by atoms with Crippen molar-refractivity contribution in [2.75, 3.05) is 25.6 Å². The number of para-hydroxylation sites is 1. The highest BCUT2D eigenvalue weighted by molar-refractivity contribution is 6.00. The monoisotopic (exact) mass is 218 g/mol. The Morgan fingerprint density at radius 2 is 1.94 bits per heavy atom. The van der Waals surface area contributed by atoms with Crippen LogP contribution in [0.3, 0.4) is 0 Å². The fourth-order valence-electron chi connectivity index (χ4n) is 1.77. The highest BCUT2D eigenvalue weighted by atomic mass is 16.5. The molecule has 2 rings (SSSR count). The molecule has 0 atom stereocenters. The van der Waals surface area contributed by atoms with Gasteiger partial charge in [0.05, 0.1) is 11.1 Å². The van der Waals surface area contributed by atoms with E-state index in [-0.39, 0.29) is 5.54 Å². The Hall–Kier alpha value is -1.51. The summed E-state index contributed by atoms with van der Waals surface area (Å²) in [6.07, 6.45) is 0. The molecule has 1 heterocycles. The number of rotatable bonds is 2. The van der Waals surface area contributed by atoms with Crippen LogP contribution in [0, 0.1) is 0 Å². The predicted octanol–water partition coefficient (Wildman–Crippen LogP) is 2.31. The van der Waals surface area contributed by atoms with Gasteiger partial charge in [-0.15, -0.1) is 0 Å². The molecule has 0 aliphatic carbocycles. The molecule has 0 amide bonds. The van der Waals surface area contributed by atoms with E-state index in [0.717, 1.165) is 17.1 Å². The van der Waals surface area contributed by atoms with Gasteiger partial charge in [0.1, 0.15) is 6.61 Å². The van der Waals surface area contributed by atoms with Gasteiger partial charge in [0, 0.05) is 19.8 Å². The van der Waals surface area contributed by atoms with Gasteiger partial charge in [-0.25, -0.2) is 4.99 Å². The van der Waals surface area contributed by atoms with Crippen molar-refractivity contribution in [1.29, 1.82) is 0 Å². The number of hydrogen-bond donors (Lipinski definition) is 0. The number of anilines is 1. The molecule has 0 unspecified atom stereocenters. The van der Waals surface area contributed by atoms with Crippen LogP contribution in [0.15, 0.2) is 29.3 Å². The van der Waals surface area contributed by atoms with Crippen LogP contribution >= 0.6 is 0 Å². The Morgan fingerprint density at radius 1 is 1.25 bits per heavy atom. The van der Waals surface area contributed by atoms with Crippen molar-refractivity contribution in [1.82, 2.24) is 0 Å². The summed E-state index contributed by atoms with van der Waals surface area (Å²) in [5.74, 6) is 0.759. The second-order valence-corrected chi connectivity index (χ2v) is 4.93. The van der Waals surface area contributed by atoms with E-state index in [0.29, 0.717) is 6.61 Å². The van der Waals surface area contributed by atoms with Crippen LogP contribution in [0.25, 0.3) is 0 Å². The third-order valence-electron chi connectivity index (χ3n) is 2.58. The SMILES string of the molecule is CN(C)c1ccccc1C1=NC(C)(C)CO1. The first kappa shape index (κ1) is 11.0. The first-order chi connectivity index (χ1) is 7.49. The maximum Gasteiger partial charge on any atom is 0.218 e. The van der Waals surface area contributed by atoms with Crippen molar-refractivity contribution in [3.63, 3.8) is 0 Å². The maximum absolute atomic E-state index is 5.67. The van der Waals surface area contributed by atoms with Gasteiger partial charge in [-0.05, 0) is 26.0 Å². The summed E-state index contributed by atoms with van der Waals surface area (Å²) in [6, 6.07) is 8.17. The molecule has 1 aromatic rings. The number of nitrogens with zero attached hydrogens (tertiary/aromatic N) is 2. The molecule has 0 spiro atoms. The summed E-state index contributed by atoms with van der Waals surface area (Å²) in [6.45, 7) is 4.82. The molecule has 3 nitrogen and oxygen atoms in total. The highest BCUT2D eigenvalue weighted by Gasteiger charge is 2.28. The molecule has 0 bridgehead atoms. The lowest BCUT2D eigenvalue weighted by Gasteiger charge is -2.16. The van der Waals surface area contributed by atoms with E-state index in [1.165, 1.54) is 0 Å². The fraction of sp³-hybridized carbons (Fsp3) is 0.462. The van der Waals surface area contributed by atoms with Gasteiger partial charge in [-0.3, -0.25) is 0 Å². The molecule has 1 aromatic carbocycles. The van der Waals surface area contributed by atoms with Gasteiger partial charge >= 0.3 is 0 Å². The molecule has 0 fully saturated rings. The standard InChI is InChI=1S/C13H18N2O/c1-13(2)9-16-12(14-13)10-7-5-6-8-11(10)15(3)4/h5-8H,9H2,1-4H3. The number of benzene rings is 1. The lowest BCUT2D eigenvalue weighted by atomic mass is 10.1. The zero-order valence-electron chi connectivity index (χ0n) is 10.3. The summed E-state index contributed by atoms with van der Waals surface area (Å²) in [5, 5.41) is 0. The molecule has 3 heteroatoms. The van der Waals surface area contributed by atoms with Crippen molar-refractivity contribution >= 4 is 11.6 Å². The van der Waals surface area contributed by atoms with Crippen LogP contribution in [0.2, 0.25) is 0 Å². The van der Waals surface area contributed by atoms with Gasteiger partial charge in [-0.1, -0.05) is 12.1 Å². The maximum atomic E-state index is 5.67. The fourth-order valence-corrected chi connectivity index (χ4v) is 1.77. The van der Waals surface area contributed by atoms with Gasteiger partial charge < -0.3 is 9.64 Å². The van der Waals surface area contributed by atoms with Crippen molar-refractivity contribution in [3.8, 4) is 0 Å². The Balaban J connectivity index is 2.42. The van der Waals surface area contributed by atoms with E-state index in [1.54, 1.807) is 0 Å². The average Bonchev–Trinajstić information content (AvgIpc) is 2.59. The summed E-state index contributed by atoms with van der Waals surface area (Å²) >= 11 is 0. The zero-order valence-corrected chi connectivity index (χ0v) is 10.3. The average molecular weight is 218 g/mol. The summed E-state index contributed by atoms with van der Waals surface area (Å²) < 4.78 is 5.67. The minimum Gasteiger partial charge on any atom is -0.475 e. The Bertz CT molecular complexity index is 422. The van der Waals surface area contributed by atoms with Crippen molar-refractivity contribution in [2.45, 2.75) is 19.4 Å². The van der Waals surface area contributed by atoms with Crippen molar-refractivity contribution in [3.05, 3.63) is 29.8 Å². The van der Waals surface area contributed by atoms with Crippen molar-refractivity contribution in [2.24, 2.45) is 4.99 Å². The molecule has 0 N–H and O–H groups in total. The molecule has 0 saturated heterocycles. The third kappa shape index (κ3) is 2.03. The molecule has 1 aliphatic rings. The van der Waals surface area contributed by atoms with Crippen molar-refractivity contribution < 1.29 is 4.74 Å². The van der Waals surface area contributed by atoms with Crippen LogP contribution in [0.4, 0.5) is 5.69 Å². The number of ether oxygens (including phenoxy) is 1. The Morgan fingerprint density at radius 3 is 2.50 bits per heavy atom. The normalized spacial score (nSPS) is 17.9. The second-order valence-electron chi connectivity index (χ2n) is 4.93. The van der Waals surface area contributed by atoms with Crippen LogP contribution in [0.1, 0.15) is 19.4 Å². The first-order valence-electron chi connectivity index (χ1n) is 5.49. The third-order valence-corrected chi connectivity index (χ3v) is 2.58. The van der Waals surface area contributed by atoms with Crippen LogP contribution in [-0.4, -0.2) is 32.1 Å². The molecule has 0 radical (unpaired) electrons. The van der Waals surface area contributed by atoms with E-state index in [1.807, 2.05) is 26.2 Å². The van der Waals surface area contributed by atoms with E-state index < -0.39 is 0 Å². The topological polar surface area (TPSA) is 24.8 Å². The smallest absolute Gasteiger partial charge is 0.218 e. The van der Waals surface area contributed by atoms with Crippen LogP contribution < -0.4 is 4.90 Å². The summed E-state index contributed by atoms with van der Waals surface area (Å²) in [4.78, 5) is 6.68. The van der Waals surface area contributed by atoms with Gasteiger partial charge in [0.15, 0.2) is 0 Å². The molecule has 86 valence electrons. The molecule has 0 saturated carbocycles. The summed E-state index contributed by atoms with van der Waals surface area (Å²) in [7, 11) is 4.05. The number of aliphatic imine (C=N–C) groups is 1. The molecule has 1 aliphatic heterocycles. The molecular weight excluding hydrogens is 200 g/mol. The summed E-state index contributed by atoms with van der Waals surface area (Å²) in [5.41, 5.74) is 2.10. The van der Waals surface area contributed by atoms with Gasteiger partial charge in [0.25, 0.3) is 0 Å². The Labute approximate surface area is 96.7 Å². The van der Waals surface area contributed by atoms with E-state index in [9.17, 15) is 0 Å². The second kappa shape index (κ2) is 3.81. The molecule has 16 heavy (non-hydrogen) atoms. The minimum absolute atomic E-state index is 0.102. The largest absolute Gasteiger partial charge is 0.475 e. The Kier molecular flexibility index (Phi) is 2.62. The zero-order chi connectivity index (χ0) is 11.8. The van der Waals surface area contributed by atoms with E-state index in [4.69, 9.17) is 4.74 Å². The minimum atomic E-state index is -0.102. The van der Waals surface area contributed by atoms with Gasteiger partial charge in [0.2, 0.25) is 5.90 Å². The van der Waals surface area contributed by atoms with E-state index >= 15 is 0 Å². The molecule has 0 aromatic heterocycles.